The quantitative estimate of drug-likeness (QED) is 0.684. The Hall–Kier alpha value is -1.84. The summed E-state index contributed by atoms with van der Waals surface area (Å²) in [6.07, 6.45) is 0.936. The molecule has 1 amide bonds. The van der Waals surface area contributed by atoms with Crippen LogP contribution in [0.2, 0.25) is 0 Å². The van der Waals surface area contributed by atoms with Crippen molar-refractivity contribution in [2.75, 3.05) is 5.32 Å². The van der Waals surface area contributed by atoms with Gasteiger partial charge >= 0.3 is 0 Å². The van der Waals surface area contributed by atoms with E-state index in [4.69, 9.17) is 0 Å². The fraction of sp³-hybridized carbons (Fsp3) is 0.438. The number of sulfonamides is 1. The van der Waals surface area contributed by atoms with Crippen LogP contribution in [0, 0.1) is 5.92 Å². The van der Waals surface area contributed by atoms with E-state index in [1.165, 1.54) is 0 Å². The second-order valence-corrected chi connectivity index (χ2v) is 8.85. The first-order chi connectivity index (χ1) is 11.8. The zero-order chi connectivity index (χ0) is 18.4. The molecule has 0 aliphatic rings. The van der Waals surface area contributed by atoms with Gasteiger partial charge < -0.3 is 5.32 Å². The summed E-state index contributed by atoms with van der Waals surface area (Å²) >= 11 is 0.835. The number of carbonyl (C=O) groups excluding carboxylic acids is 1. The highest BCUT2D eigenvalue weighted by Crippen LogP contribution is 2.26. The molecule has 0 aliphatic heterocycles. The maximum Gasteiger partial charge on any atom is 0.270 e. The van der Waals surface area contributed by atoms with Crippen LogP contribution >= 0.6 is 11.3 Å². The largest absolute Gasteiger partial charge is 0.301 e. The standard InChI is InChI=1S/C16H22N4O3S2/c1-4-14(21)17-15-18-19-16(24-15)25(22,23)20-13(10-11(2)3)12-8-6-5-7-9-12/h5-9,11,13,20H,4,10H2,1-3H3,(H,17,18,21)/t13-/m0/s1. The van der Waals surface area contributed by atoms with Crippen molar-refractivity contribution in [3.05, 3.63) is 35.9 Å². The van der Waals surface area contributed by atoms with Gasteiger partial charge in [0.25, 0.3) is 10.0 Å². The lowest BCUT2D eigenvalue weighted by molar-refractivity contribution is -0.115. The molecule has 0 aliphatic carbocycles. The van der Waals surface area contributed by atoms with E-state index in [1.54, 1.807) is 6.92 Å². The van der Waals surface area contributed by atoms with Gasteiger partial charge in [-0.05, 0) is 17.9 Å². The summed E-state index contributed by atoms with van der Waals surface area (Å²) in [7, 11) is -3.83. The van der Waals surface area contributed by atoms with Crippen molar-refractivity contribution >= 4 is 32.4 Å². The fourth-order valence-electron chi connectivity index (χ4n) is 2.22. The predicted molar refractivity (Wildman–Crippen MR) is 97.8 cm³/mol. The number of nitrogens with one attached hydrogen (secondary N) is 2. The molecule has 2 N–H and O–H groups in total. The highest BCUT2D eigenvalue weighted by molar-refractivity contribution is 7.91. The Bertz CT molecular complexity index is 804. The maximum absolute atomic E-state index is 12.7. The molecular weight excluding hydrogens is 360 g/mol. The van der Waals surface area contributed by atoms with Crippen molar-refractivity contribution < 1.29 is 13.2 Å². The topological polar surface area (TPSA) is 101 Å². The summed E-state index contributed by atoms with van der Waals surface area (Å²) in [5.74, 6) is 0.0664. The van der Waals surface area contributed by atoms with E-state index in [0.29, 0.717) is 12.3 Å². The van der Waals surface area contributed by atoms with Crippen LogP contribution in [0.4, 0.5) is 5.13 Å². The van der Waals surface area contributed by atoms with E-state index in [2.05, 4.69) is 20.2 Å². The third-order valence-corrected chi connectivity index (χ3v) is 6.09. The Balaban J connectivity index is 2.21. The zero-order valence-corrected chi connectivity index (χ0v) is 16.0. The number of nitrogens with zero attached hydrogens (tertiary/aromatic N) is 2. The van der Waals surface area contributed by atoms with Crippen molar-refractivity contribution in [2.24, 2.45) is 5.92 Å². The van der Waals surface area contributed by atoms with E-state index in [9.17, 15) is 13.2 Å². The Labute approximate surface area is 151 Å². The highest BCUT2D eigenvalue weighted by Gasteiger charge is 2.26. The van der Waals surface area contributed by atoms with Crippen LogP contribution in [0.15, 0.2) is 34.7 Å². The van der Waals surface area contributed by atoms with Gasteiger partial charge in [0.2, 0.25) is 15.4 Å². The minimum atomic E-state index is -3.83. The van der Waals surface area contributed by atoms with Gasteiger partial charge in [-0.1, -0.05) is 62.4 Å². The number of rotatable bonds is 8. The third kappa shape index (κ3) is 5.58. The first-order valence-corrected chi connectivity index (χ1v) is 10.3. The van der Waals surface area contributed by atoms with Gasteiger partial charge in [0.05, 0.1) is 0 Å². The maximum atomic E-state index is 12.7. The molecule has 0 fully saturated rings. The van der Waals surface area contributed by atoms with Crippen LogP contribution in [0.5, 0.6) is 0 Å². The number of amides is 1. The van der Waals surface area contributed by atoms with Gasteiger partial charge in [0.15, 0.2) is 0 Å². The van der Waals surface area contributed by atoms with Gasteiger partial charge in [-0.25, -0.2) is 13.1 Å². The lowest BCUT2D eigenvalue weighted by atomic mass is 9.98. The molecule has 2 rings (SSSR count). The molecule has 0 saturated heterocycles. The molecule has 136 valence electrons. The summed E-state index contributed by atoms with van der Waals surface area (Å²) in [6, 6.07) is 9.06. The van der Waals surface area contributed by atoms with Crippen LogP contribution in [-0.4, -0.2) is 24.5 Å². The van der Waals surface area contributed by atoms with Crippen LogP contribution in [-0.2, 0) is 14.8 Å². The number of hydrogen-bond donors (Lipinski definition) is 2. The molecule has 0 saturated carbocycles. The second-order valence-electron chi connectivity index (χ2n) is 5.99. The summed E-state index contributed by atoms with van der Waals surface area (Å²) in [5.41, 5.74) is 0.892. The van der Waals surface area contributed by atoms with Gasteiger partial charge in [-0.2, -0.15) is 0 Å². The third-order valence-electron chi connectivity index (χ3n) is 3.41. The molecule has 1 atom stereocenters. The molecule has 9 heteroatoms. The average Bonchev–Trinajstić information content (AvgIpc) is 3.03. The highest BCUT2D eigenvalue weighted by atomic mass is 32.2. The fourth-order valence-corrected chi connectivity index (χ4v) is 4.39. The van der Waals surface area contributed by atoms with Gasteiger partial charge in [0, 0.05) is 12.5 Å². The van der Waals surface area contributed by atoms with Crippen LogP contribution in [0.3, 0.4) is 0 Å². The molecule has 0 bridgehead atoms. The lowest BCUT2D eigenvalue weighted by Crippen LogP contribution is -2.29. The summed E-state index contributed by atoms with van der Waals surface area (Å²) in [4.78, 5) is 11.4. The normalized spacial score (nSPS) is 13.0. The molecule has 1 aromatic heterocycles. The summed E-state index contributed by atoms with van der Waals surface area (Å²) in [5, 5.41) is 10.1. The van der Waals surface area contributed by atoms with Crippen LogP contribution in [0.1, 0.15) is 45.2 Å². The molecule has 1 heterocycles. The molecule has 0 radical (unpaired) electrons. The monoisotopic (exact) mass is 382 g/mol. The molecular formula is C16H22N4O3S2. The van der Waals surface area contributed by atoms with Gasteiger partial charge in [-0.15, -0.1) is 10.2 Å². The van der Waals surface area contributed by atoms with E-state index in [0.717, 1.165) is 16.9 Å². The van der Waals surface area contributed by atoms with Crippen LogP contribution in [0.25, 0.3) is 0 Å². The molecule has 7 nitrogen and oxygen atoms in total. The van der Waals surface area contributed by atoms with Crippen molar-refractivity contribution in [2.45, 2.75) is 44.0 Å². The first kappa shape index (κ1) is 19.5. The van der Waals surface area contributed by atoms with Gasteiger partial charge in [-0.3, -0.25) is 4.79 Å². The minimum absolute atomic E-state index is 0.163. The van der Waals surface area contributed by atoms with Crippen molar-refractivity contribution in [3.63, 3.8) is 0 Å². The van der Waals surface area contributed by atoms with Crippen LogP contribution < -0.4 is 10.0 Å². The Kier molecular flexibility index (Phi) is 6.63. The van der Waals surface area contributed by atoms with E-state index in [1.807, 2.05) is 44.2 Å². The number of benzene rings is 1. The first-order valence-electron chi connectivity index (χ1n) is 8.02. The zero-order valence-electron chi connectivity index (χ0n) is 14.4. The number of anilines is 1. The Morgan fingerprint density at radius 2 is 1.88 bits per heavy atom. The SMILES string of the molecule is CCC(=O)Nc1nnc(S(=O)(=O)N[C@@H](CC(C)C)c2ccccc2)s1. The lowest BCUT2D eigenvalue weighted by Gasteiger charge is -2.20. The molecule has 2 aromatic rings. The number of hydrogen-bond acceptors (Lipinski definition) is 6. The smallest absolute Gasteiger partial charge is 0.270 e. The predicted octanol–water partition coefficient (Wildman–Crippen LogP) is 2.95. The molecule has 0 unspecified atom stereocenters. The van der Waals surface area contributed by atoms with E-state index in [-0.39, 0.29) is 27.8 Å². The van der Waals surface area contributed by atoms with E-state index < -0.39 is 10.0 Å². The second kappa shape index (κ2) is 8.50. The van der Waals surface area contributed by atoms with Crippen molar-refractivity contribution in [3.8, 4) is 0 Å². The Morgan fingerprint density at radius 1 is 1.20 bits per heavy atom. The molecule has 0 spiro atoms. The number of carbonyl (C=O) groups is 1. The number of aromatic nitrogens is 2. The summed E-state index contributed by atoms with van der Waals surface area (Å²) < 4.78 is 27.8. The molecule has 25 heavy (non-hydrogen) atoms. The van der Waals surface area contributed by atoms with Crippen molar-refractivity contribution in [1.29, 1.82) is 0 Å². The summed E-state index contributed by atoms with van der Waals surface area (Å²) in [6.45, 7) is 5.77. The minimum Gasteiger partial charge on any atom is -0.301 e. The Morgan fingerprint density at radius 3 is 2.48 bits per heavy atom. The molecule has 1 aromatic carbocycles. The van der Waals surface area contributed by atoms with E-state index >= 15 is 0 Å². The van der Waals surface area contributed by atoms with Crippen molar-refractivity contribution in [1.82, 2.24) is 14.9 Å². The van der Waals surface area contributed by atoms with Gasteiger partial charge in [0.1, 0.15) is 0 Å². The average molecular weight is 383 g/mol.